The molecule has 2 aromatic carbocycles. The Morgan fingerprint density at radius 3 is 2.73 bits per heavy atom. The van der Waals surface area contributed by atoms with Crippen molar-refractivity contribution in [3.63, 3.8) is 0 Å². The second kappa shape index (κ2) is 7.17. The van der Waals surface area contributed by atoms with Gasteiger partial charge in [-0.25, -0.2) is 9.37 Å². The average molecular weight is 387 g/mol. The second-order valence-corrected chi connectivity index (χ2v) is 7.57. The number of benzene rings is 2. The fraction of sp³-hybridized carbons (Fsp3) is 0.200. The monoisotopic (exact) mass is 386 g/mol. The molecule has 0 saturated heterocycles. The minimum Gasteiger partial charge on any atom is -0.298 e. The number of aromatic nitrogens is 1. The number of rotatable bonds is 3. The molecule has 3 aromatic rings. The second-order valence-electron chi connectivity index (χ2n) is 6.31. The first-order valence-corrected chi connectivity index (χ1v) is 9.70. The molecule has 4 rings (SSSR count). The van der Waals surface area contributed by atoms with Crippen molar-refractivity contribution in [1.82, 2.24) is 4.98 Å². The fourth-order valence-corrected chi connectivity index (χ4v) is 4.16. The Hall–Kier alpha value is -2.24. The zero-order valence-corrected chi connectivity index (χ0v) is 15.5. The van der Waals surface area contributed by atoms with Gasteiger partial charge in [0.1, 0.15) is 5.82 Å². The Kier molecular flexibility index (Phi) is 4.74. The standard InChI is InChI=1S/C20H16ClFN2OS/c21-17-10-15(22)7-8-16(17)19(25)24-20-23-18(11-26-20)14-6-5-12-3-1-2-4-13(12)9-14/h5-11H,1-4H2,(H,23,24,25). The van der Waals surface area contributed by atoms with Gasteiger partial charge in [-0.3, -0.25) is 10.1 Å². The summed E-state index contributed by atoms with van der Waals surface area (Å²) in [4.78, 5) is 16.8. The Balaban J connectivity index is 1.54. The molecule has 26 heavy (non-hydrogen) atoms. The number of thiazole rings is 1. The van der Waals surface area contributed by atoms with Gasteiger partial charge in [-0.1, -0.05) is 23.7 Å². The smallest absolute Gasteiger partial charge is 0.258 e. The maximum absolute atomic E-state index is 13.1. The Bertz CT molecular complexity index is 986. The van der Waals surface area contributed by atoms with Gasteiger partial charge in [0, 0.05) is 10.9 Å². The van der Waals surface area contributed by atoms with E-state index in [1.54, 1.807) is 0 Å². The number of fused-ring (bicyclic) bond motifs is 1. The van der Waals surface area contributed by atoms with Gasteiger partial charge >= 0.3 is 0 Å². The summed E-state index contributed by atoms with van der Waals surface area (Å²) in [6, 6.07) is 10.2. The van der Waals surface area contributed by atoms with Crippen LogP contribution in [-0.4, -0.2) is 10.9 Å². The quantitative estimate of drug-likeness (QED) is 0.624. The summed E-state index contributed by atoms with van der Waals surface area (Å²) in [5.41, 5.74) is 4.94. The number of carbonyl (C=O) groups excluding carboxylic acids is 1. The highest BCUT2D eigenvalue weighted by Crippen LogP contribution is 2.30. The van der Waals surface area contributed by atoms with Gasteiger partial charge in [0.15, 0.2) is 5.13 Å². The highest BCUT2D eigenvalue weighted by molar-refractivity contribution is 7.14. The van der Waals surface area contributed by atoms with E-state index in [1.807, 2.05) is 5.38 Å². The molecule has 0 bridgehead atoms. The van der Waals surface area contributed by atoms with Gasteiger partial charge in [0.05, 0.1) is 16.3 Å². The van der Waals surface area contributed by atoms with Crippen molar-refractivity contribution < 1.29 is 9.18 Å². The van der Waals surface area contributed by atoms with E-state index in [1.165, 1.54) is 47.4 Å². The molecule has 0 radical (unpaired) electrons. The lowest BCUT2D eigenvalue weighted by Crippen LogP contribution is -2.12. The fourth-order valence-electron chi connectivity index (χ4n) is 3.19. The van der Waals surface area contributed by atoms with E-state index in [0.717, 1.165) is 30.2 Å². The minimum absolute atomic E-state index is 0.0777. The molecule has 132 valence electrons. The van der Waals surface area contributed by atoms with E-state index in [4.69, 9.17) is 11.6 Å². The normalized spacial score (nSPS) is 13.3. The number of nitrogens with zero attached hydrogens (tertiary/aromatic N) is 1. The SMILES string of the molecule is O=C(Nc1nc(-c2ccc3c(c2)CCCC3)cs1)c1ccc(F)cc1Cl. The average Bonchev–Trinajstić information content (AvgIpc) is 3.09. The van der Waals surface area contributed by atoms with Crippen molar-refractivity contribution in [1.29, 1.82) is 0 Å². The van der Waals surface area contributed by atoms with Crippen LogP contribution in [0.15, 0.2) is 41.8 Å². The molecule has 1 N–H and O–H groups in total. The maximum Gasteiger partial charge on any atom is 0.258 e. The molecule has 0 atom stereocenters. The molecular formula is C20H16ClFN2OS. The van der Waals surface area contributed by atoms with E-state index in [2.05, 4.69) is 28.5 Å². The number of hydrogen-bond acceptors (Lipinski definition) is 3. The van der Waals surface area contributed by atoms with Crippen LogP contribution in [-0.2, 0) is 12.8 Å². The van der Waals surface area contributed by atoms with Gasteiger partial charge in [-0.2, -0.15) is 0 Å². The number of hydrogen-bond donors (Lipinski definition) is 1. The van der Waals surface area contributed by atoms with Crippen molar-refractivity contribution in [3.05, 3.63) is 69.3 Å². The van der Waals surface area contributed by atoms with Gasteiger partial charge in [0.25, 0.3) is 5.91 Å². The van der Waals surface area contributed by atoms with Gasteiger partial charge in [-0.05, 0) is 61.1 Å². The summed E-state index contributed by atoms with van der Waals surface area (Å²) in [5.74, 6) is -0.878. The number of nitrogens with one attached hydrogen (secondary N) is 1. The summed E-state index contributed by atoms with van der Waals surface area (Å²) in [5, 5.41) is 5.22. The summed E-state index contributed by atoms with van der Waals surface area (Å²) < 4.78 is 13.1. The molecule has 1 aromatic heterocycles. The molecule has 1 heterocycles. The topological polar surface area (TPSA) is 42.0 Å². The first-order chi connectivity index (χ1) is 12.6. The van der Waals surface area contributed by atoms with Crippen molar-refractivity contribution in [2.45, 2.75) is 25.7 Å². The molecule has 0 spiro atoms. The van der Waals surface area contributed by atoms with Gasteiger partial charge in [0.2, 0.25) is 0 Å². The lowest BCUT2D eigenvalue weighted by atomic mass is 9.90. The highest BCUT2D eigenvalue weighted by Gasteiger charge is 2.15. The molecule has 0 aliphatic heterocycles. The Labute approximate surface area is 159 Å². The third-order valence-electron chi connectivity index (χ3n) is 4.54. The molecule has 1 aliphatic carbocycles. The molecule has 1 amide bonds. The molecule has 0 fully saturated rings. The number of amides is 1. The van der Waals surface area contributed by atoms with E-state index >= 15 is 0 Å². The molecule has 0 saturated carbocycles. The lowest BCUT2D eigenvalue weighted by Gasteiger charge is -2.16. The van der Waals surface area contributed by atoms with Crippen molar-refractivity contribution in [2.24, 2.45) is 0 Å². The predicted octanol–water partition coefficient (Wildman–Crippen LogP) is 5.73. The molecular weight excluding hydrogens is 371 g/mol. The summed E-state index contributed by atoms with van der Waals surface area (Å²) in [6.45, 7) is 0. The van der Waals surface area contributed by atoms with Crippen molar-refractivity contribution in [2.75, 3.05) is 5.32 Å². The molecule has 3 nitrogen and oxygen atoms in total. The van der Waals surface area contributed by atoms with Gasteiger partial charge in [-0.15, -0.1) is 11.3 Å². The number of carbonyl (C=O) groups is 1. The zero-order chi connectivity index (χ0) is 18.1. The van der Waals surface area contributed by atoms with E-state index in [9.17, 15) is 9.18 Å². The summed E-state index contributed by atoms with van der Waals surface area (Å²) in [7, 11) is 0. The van der Waals surface area contributed by atoms with Crippen molar-refractivity contribution >= 4 is 34.0 Å². The molecule has 1 aliphatic rings. The van der Waals surface area contributed by atoms with Crippen LogP contribution >= 0.6 is 22.9 Å². The van der Waals surface area contributed by atoms with E-state index in [0.29, 0.717) is 5.13 Å². The van der Waals surface area contributed by atoms with Crippen LogP contribution < -0.4 is 5.32 Å². The van der Waals surface area contributed by atoms with Crippen LogP contribution in [0.1, 0.15) is 34.3 Å². The van der Waals surface area contributed by atoms with Crippen LogP contribution in [0.2, 0.25) is 5.02 Å². The number of anilines is 1. The first kappa shape index (κ1) is 17.2. The third-order valence-corrected chi connectivity index (χ3v) is 5.62. The van der Waals surface area contributed by atoms with Gasteiger partial charge < -0.3 is 0 Å². The largest absolute Gasteiger partial charge is 0.298 e. The maximum atomic E-state index is 13.1. The first-order valence-electron chi connectivity index (χ1n) is 8.44. The van der Waals surface area contributed by atoms with Crippen molar-refractivity contribution in [3.8, 4) is 11.3 Å². The van der Waals surface area contributed by atoms with Crippen LogP contribution in [0.5, 0.6) is 0 Å². The number of halogens is 2. The van der Waals surface area contributed by atoms with Crippen LogP contribution in [0, 0.1) is 5.82 Å². The summed E-state index contributed by atoms with van der Waals surface area (Å²) >= 11 is 7.29. The third kappa shape index (κ3) is 3.50. The van der Waals surface area contributed by atoms with E-state index in [-0.39, 0.29) is 10.6 Å². The van der Waals surface area contributed by atoms with Crippen LogP contribution in [0.3, 0.4) is 0 Å². The molecule has 0 unspecified atom stereocenters. The zero-order valence-electron chi connectivity index (χ0n) is 13.9. The van der Waals surface area contributed by atoms with Crippen LogP contribution in [0.25, 0.3) is 11.3 Å². The number of aryl methyl sites for hydroxylation is 2. The molecule has 6 heteroatoms. The highest BCUT2D eigenvalue weighted by atomic mass is 35.5. The Morgan fingerprint density at radius 2 is 1.92 bits per heavy atom. The Morgan fingerprint density at radius 1 is 1.12 bits per heavy atom. The predicted molar refractivity (Wildman–Crippen MR) is 104 cm³/mol. The van der Waals surface area contributed by atoms with Crippen LogP contribution in [0.4, 0.5) is 9.52 Å². The lowest BCUT2D eigenvalue weighted by molar-refractivity contribution is 0.102. The summed E-state index contributed by atoms with van der Waals surface area (Å²) in [6.07, 6.45) is 4.74. The van der Waals surface area contributed by atoms with E-state index < -0.39 is 11.7 Å². The minimum atomic E-state index is -0.476.